The van der Waals surface area contributed by atoms with Crippen molar-refractivity contribution in [2.24, 2.45) is 0 Å². The van der Waals surface area contributed by atoms with E-state index in [1.54, 1.807) is 24.3 Å². The van der Waals surface area contributed by atoms with Crippen molar-refractivity contribution >= 4 is 15.8 Å². The number of sulfone groups is 1. The van der Waals surface area contributed by atoms with E-state index in [1.807, 2.05) is 37.3 Å². The second kappa shape index (κ2) is 17.2. The van der Waals surface area contributed by atoms with E-state index in [1.165, 1.54) is 20.0 Å². The fourth-order valence-corrected chi connectivity index (χ4v) is 4.44. The first-order valence-electron chi connectivity index (χ1n) is 10.4. The third-order valence-corrected chi connectivity index (χ3v) is 6.52. The van der Waals surface area contributed by atoms with E-state index >= 15 is 0 Å². The van der Waals surface area contributed by atoms with Gasteiger partial charge in [0, 0.05) is 0 Å². The average Bonchev–Trinajstić information content (AvgIpc) is 2.77. The van der Waals surface area contributed by atoms with Gasteiger partial charge in [-0.3, -0.25) is 4.79 Å². The second-order valence-corrected chi connectivity index (χ2v) is 9.21. The number of benzene rings is 2. The van der Waals surface area contributed by atoms with Gasteiger partial charge in [0.15, 0.2) is 15.1 Å². The van der Waals surface area contributed by atoms with Crippen molar-refractivity contribution in [1.29, 1.82) is 0 Å². The molecule has 0 aliphatic rings. The predicted octanol–water partition coefficient (Wildman–Crippen LogP) is 6.60. The minimum absolute atomic E-state index is 0. The van der Waals surface area contributed by atoms with Gasteiger partial charge < -0.3 is 9.47 Å². The van der Waals surface area contributed by atoms with Crippen molar-refractivity contribution in [3.8, 4) is 5.75 Å². The minimum atomic E-state index is -3.63. The molecule has 2 rings (SSSR count). The van der Waals surface area contributed by atoms with E-state index in [2.05, 4.69) is 18.6 Å². The highest BCUT2D eigenvalue weighted by atomic mass is 32.2. The van der Waals surface area contributed by atoms with Crippen molar-refractivity contribution < 1.29 is 22.7 Å². The Labute approximate surface area is 196 Å². The number of carbonyl (C=O) groups excluding carboxylic acids is 1. The fourth-order valence-electron chi connectivity index (χ4n) is 2.59. The number of esters is 1. The zero-order chi connectivity index (χ0) is 22.4. The molecule has 0 saturated heterocycles. The summed E-state index contributed by atoms with van der Waals surface area (Å²) >= 11 is 0. The van der Waals surface area contributed by atoms with Crippen molar-refractivity contribution in [1.82, 2.24) is 0 Å². The number of ether oxygens (including phenoxy) is 2. The zero-order valence-corrected chi connectivity index (χ0v) is 19.3. The van der Waals surface area contributed by atoms with Crippen molar-refractivity contribution in [2.75, 3.05) is 7.11 Å². The van der Waals surface area contributed by atoms with Gasteiger partial charge in [-0.15, -0.1) is 0 Å². The Morgan fingerprint density at radius 3 is 1.88 bits per heavy atom. The molecule has 0 amide bonds. The van der Waals surface area contributed by atoms with Crippen molar-refractivity contribution in [3.63, 3.8) is 0 Å². The van der Waals surface area contributed by atoms with Gasteiger partial charge in [-0.05, 0) is 29.7 Å². The van der Waals surface area contributed by atoms with E-state index in [-0.39, 0.29) is 27.0 Å². The average molecular weight is 467 g/mol. The van der Waals surface area contributed by atoms with E-state index in [9.17, 15) is 13.2 Å². The topological polar surface area (TPSA) is 69.7 Å². The van der Waals surface area contributed by atoms with Gasteiger partial charge in [0.1, 0.15) is 12.4 Å². The molecule has 182 valence electrons. The number of hydrogen-bond donors (Lipinski definition) is 0. The van der Waals surface area contributed by atoms with Crippen LogP contribution in [0.1, 0.15) is 72.4 Å². The van der Waals surface area contributed by atoms with Crippen LogP contribution in [-0.2, 0) is 31.7 Å². The van der Waals surface area contributed by atoms with Gasteiger partial charge >= 0.3 is 5.97 Å². The summed E-state index contributed by atoms with van der Waals surface area (Å²) in [4.78, 5) is 11.8. The lowest BCUT2D eigenvalue weighted by Crippen LogP contribution is -2.32. The van der Waals surface area contributed by atoms with E-state index < -0.39 is 21.1 Å². The highest BCUT2D eigenvalue weighted by Crippen LogP contribution is 2.20. The highest BCUT2D eigenvalue weighted by Gasteiger charge is 2.32. The lowest BCUT2D eigenvalue weighted by molar-refractivity contribution is -0.140. The molecule has 32 heavy (non-hydrogen) atoms. The third-order valence-electron chi connectivity index (χ3n) is 4.49. The van der Waals surface area contributed by atoms with Gasteiger partial charge in [0.25, 0.3) is 0 Å². The Morgan fingerprint density at radius 2 is 1.41 bits per heavy atom. The number of rotatable bonds is 10. The first-order chi connectivity index (χ1) is 14.4. The molecule has 0 radical (unpaired) electrons. The highest BCUT2D eigenvalue weighted by molar-refractivity contribution is 7.92. The van der Waals surface area contributed by atoms with Crippen LogP contribution < -0.4 is 4.74 Å². The van der Waals surface area contributed by atoms with Crippen molar-refractivity contribution in [2.45, 2.75) is 78.9 Å². The normalized spacial score (nSPS) is 11.0. The van der Waals surface area contributed by atoms with Gasteiger partial charge in [-0.2, -0.15) is 0 Å². The Kier molecular flexibility index (Phi) is 17.2. The first kappa shape index (κ1) is 31.8. The van der Waals surface area contributed by atoms with Crippen LogP contribution in [0.4, 0.5) is 0 Å². The molecular formula is C26H42O5S. The maximum Gasteiger partial charge on any atom is 0.324 e. The maximum absolute atomic E-state index is 12.6. The number of carbonyl (C=O) groups is 1. The predicted molar refractivity (Wildman–Crippen MR) is 135 cm³/mol. The second-order valence-electron chi connectivity index (χ2n) is 7.03. The number of hydrogen-bond acceptors (Lipinski definition) is 5. The summed E-state index contributed by atoms with van der Waals surface area (Å²) in [6, 6.07) is 16.7. The Bertz CT molecular complexity index is 828. The first-order valence-corrected chi connectivity index (χ1v) is 12.1. The molecule has 0 aromatic heterocycles. The molecule has 0 saturated carbocycles. The molecule has 0 spiro atoms. The van der Waals surface area contributed by atoms with E-state index in [0.29, 0.717) is 24.3 Å². The van der Waals surface area contributed by atoms with Crippen molar-refractivity contribution in [3.05, 3.63) is 65.7 Å². The molecule has 0 aliphatic carbocycles. The molecule has 0 fully saturated rings. The molecular weight excluding hydrogens is 424 g/mol. The summed E-state index contributed by atoms with van der Waals surface area (Å²) in [6.07, 6.45) is 3.48. The summed E-state index contributed by atoms with van der Waals surface area (Å²) in [6.45, 7) is 6.64. The molecule has 0 bridgehead atoms. The van der Waals surface area contributed by atoms with E-state index in [4.69, 9.17) is 4.74 Å². The van der Waals surface area contributed by atoms with E-state index in [0.717, 1.165) is 5.56 Å². The van der Waals surface area contributed by atoms with Crippen LogP contribution in [0, 0.1) is 0 Å². The molecule has 5 nitrogen and oxygen atoms in total. The molecule has 6 heteroatoms. The van der Waals surface area contributed by atoms with Crippen LogP contribution in [0.5, 0.6) is 5.75 Å². The Hall–Kier alpha value is -2.34. The lowest BCUT2D eigenvalue weighted by Gasteiger charge is -2.15. The van der Waals surface area contributed by atoms with Crippen LogP contribution in [0.2, 0.25) is 0 Å². The van der Waals surface area contributed by atoms with Gasteiger partial charge in [0.05, 0.1) is 12.9 Å². The fraction of sp³-hybridized carbons (Fsp3) is 0.500. The Morgan fingerprint density at radius 1 is 0.844 bits per heavy atom. The zero-order valence-electron chi connectivity index (χ0n) is 18.5. The molecule has 0 heterocycles. The van der Waals surface area contributed by atoms with Gasteiger partial charge in [-0.25, -0.2) is 8.42 Å². The summed E-state index contributed by atoms with van der Waals surface area (Å²) < 4.78 is 35.4. The molecule has 0 aliphatic heterocycles. The quantitative estimate of drug-likeness (QED) is 0.369. The summed E-state index contributed by atoms with van der Waals surface area (Å²) in [5, 5.41) is -1.12. The SMILES string of the molecule is C.C.CCCC.CCCC(C(=O)OC)S(=O)(=O)Cc1ccc(OCc2ccccc2)cc1. The lowest BCUT2D eigenvalue weighted by atomic mass is 10.2. The van der Waals surface area contributed by atoms with Crippen LogP contribution in [0.3, 0.4) is 0 Å². The molecule has 2 aromatic rings. The summed E-state index contributed by atoms with van der Waals surface area (Å²) in [5.74, 6) is -0.242. The minimum Gasteiger partial charge on any atom is -0.489 e. The monoisotopic (exact) mass is 466 g/mol. The molecule has 1 atom stereocenters. The molecule has 2 aromatic carbocycles. The largest absolute Gasteiger partial charge is 0.489 e. The molecule has 1 unspecified atom stereocenters. The standard InChI is InChI=1S/C20H24O5S.C4H10.2CH4/c1-3-7-19(20(21)24-2)26(22,23)15-17-10-12-18(13-11-17)25-14-16-8-5-4-6-9-16;1-3-4-2;;/h4-6,8-13,19H,3,7,14-15H2,1-2H3;3-4H2,1-2H3;2*1H4. The van der Waals surface area contributed by atoms with Crippen LogP contribution >= 0.6 is 0 Å². The summed E-state index contributed by atoms with van der Waals surface area (Å²) in [5.41, 5.74) is 1.67. The maximum atomic E-state index is 12.6. The molecule has 0 N–H and O–H groups in total. The van der Waals surface area contributed by atoms with Crippen LogP contribution in [0.15, 0.2) is 54.6 Å². The number of unbranched alkanes of at least 4 members (excludes halogenated alkanes) is 1. The third kappa shape index (κ3) is 11.3. The Balaban J connectivity index is 0. The smallest absolute Gasteiger partial charge is 0.324 e. The van der Waals surface area contributed by atoms with Crippen LogP contribution in [0.25, 0.3) is 0 Å². The van der Waals surface area contributed by atoms with Gasteiger partial charge in [-0.1, -0.05) is 97.4 Å². The summed E-state index contributed by atoms with van der Waals surface area (Å²) in [7, 11) is -2.42. The van der Waals surface area contributed by atoms with Crippen LogP contribution in [-0.4, -0.2) is 26.7 Å². The van der Waals surface area contributed by atoms with Gasteiger partial charge in [0.2, 0.25) is 0 Å². The number of methoxy groups -OCH3 is 1.